The predicted octanol–water partition coefficient (Wildman–Crippen LogP) is 3.15. The monoisotopic (exact) mass is 254 g/mol. The summed E-state index contributed by atoms with van der Waals surface area (Å²) in [5, 5.41) is 10.1. The van der Waals surface area contributed by atoms with E-state index in [9.17, 15) is 9.90 Å². The van der Waals surface area contributed by atoms with Crippen LogP contribution in [-0.2, 0) is 0 Å². The van der Waals surface area contributed by atoms with Gasteiger partial charge in [-0.05, 0) is 30.3 Å². The number of rotatable bonds is 2. The lowest BCUT2D eigenvalue weighted by molar-refractivity contribution is 0.399. The van der Waals surface area contributed by atoms with E-state index in [1.807, 2.05) is 0 Å². The second-order valence-electron chi connectivity index (χ2n) is 2.98. The van der Waals surface area contributed by atoms with Gasteiger partial charge in [0.15, 0.2) is 0 Å². The van der Waals surface area contributed by atoms with Crippen molar-refractivity contribution >= 4 is 23.4 Å². The zero-order valence-electron chi connectivity index (χ0n) is 8.01. The van der Waals surface area contributed by atoms with Crippen molar-refractivity contribution in [2.24, 2.45) is 0 Å². The van der Waals surface area contributed by atoms with Crippen LogP contribution in [0.1, 0.15) is 0 Å². The molecule has 1 aromatic carbocycles. The lowest BCUT2D eigenvalue weighted by atomic mass is 10.4. The molecular formula is C11H7ClO3S. The summed E-state index contributed by atoms with van der Waals surface area (Å²) in [6.07, 6.45) is 1.25. The third-order valence-corrected chi connectivity index (χ3v) is 3.17. The fraction of sp³-hybridized carbons (Fsp3) is 0. The van der Waals surface area contributed by atoms with Crippen molar-refractivity contribution in [2.75, 3.05) is 0 Å². The number of hydrogen-bond acceptors (Lipinski definition) is 4. The van der Waals surface area contributed by atoms with Gasteiger partial charge in [-0.2, -0.15) is 0 Å². The molecule has 0 aliphatic carbocycles. The summed E-state index contributed by atoms with van der Waals surface area (Å²) in [4.78, 5) is 12.4. The van der Waals surface area contributed by atoms with Gasteiger partial charge in [-0.15, -0.1) is 0 Å². The standard InChI is InChI=1S/C11H7ClO3S/c12-7-1-3-8(4-2-7)16-9-5-6-15-11(14)10(9)13/h1-6,13H. The van der Waals surface area contributed by atoms with E-state index in [2.05, 4.69) is 4.42 Å². The van der Waals surface area contributed by atoms with E-state index in [-0.39, 0.29) is 5.75 Å². The molecule has 0 spiro atoms. The minimum absolute atomic E-state index is 0.373. The van der Waals surface area contributed by atoms with Crippen molar-refractivity contribution in [1.29, 1.82) is 0 Å². The quantitative estimate of drug-likeness (QED) is 0.894. The van der Waals surface area contributed by atoms with Crippen molar-refractivity contribution in [3.8, 4) is 5.75 Å². The summed E-state index contributed by atoms with van der Waals surface area (Å²) < 4.78 is 4.52. The Labute approximate surface area is 101 Å². The molecule has 0 bridgehead atoms. The molecule has 3 nitrogen and oxygen atoms in total. The highest BCUT2D eigenvalue weighted by Crippen LogP contribution is 2.32. The fourth-order valence-electron chi connectivity index (χ4n) is 1.10. The Kier molecular flexibility index (Phi) is 3.22. The fourth-order valence-corrected chi connectivity index (χ4v) is 2.06. The minimum Gasteiger partial charge on any atom is -0.501 e. The van der Waals surface area contributed by atoms with Crippen LogP contribution in [0.4, 0.5) is 0 Å². The van der Waals surface area contributed by atoms with E-state index in [0.29, 0.717) is 9.92 Å². The van der Waals surface area contributed by atoms with Gasteiger partial charge >= 0.3 is 5.63 Å². The summed E-state index contributed by atoms with van der Waals surface area (Å²) in [5.74, 6) is -0.373. The SMILES string of the molecule is O=c1occc(Sc2ccc(Cl)cc2)c1O. The summed E-state index contributed by atoms with van der Waals surface area (Å²) in [6.45, 7) is 0. The maximum atomic E-state index is 11.0. The Hall–Kier alpha value is -1.39. The van der Waals surface area contributed by atoms with Crippen LogP contribution < -0.4 is 5.63 Å². The molecule has 0 amide bonds. The smallest absolute Gasteiger partial charge is 0.379 e. The molecule has 2 aromatic rings. The maximum Gasteiger partial charge on any atom is 0.379 e. The Morgan fingerprint density at radius 1 is 1.19 bits per heavy atom. The van der Waals surface area contributed by atoms with Crippen LogP contribution in [0, 0.1) is 0 Å². The molecule has 0 unspecified atom stereocenters. The van der Waals surface area contributed by atoms with E-state index in [0.717, 1.165) is 4.90 Å². The number of aromatic hydroxyl groups is 1. The van der Waals surface area contributed by atoms with Crippen LogP contribution in [0.15, 0.2) is 55.6 Å². The molecule has 0 fully saturated rings. The average Bonchev–Trinajstić information content (AvgIpc) is 2.28. The lowest BCUT2D eigenvalue weighted by Crippen LogP contribution is -1.97. The average molecular weight is 255 g/mol. The van der Waals surface area contributed by atoms with Gasteiger partial charge in [0.25, 0.3) is 0 Å². The van der Waals surface area contributed by atoms with Crippen LogP contribution in [0.25, 0.3) is 0 Å². The molecule has 1 heterocycles. The Balaban J connectivity index is 2.30. The normalized spacial score (nSPS) is 10.3. The topological polar surface area (TPSA) is 50.4 Å². The van der Waals surface area contributed by atoms with E-state index in [1.54, 1.807) is 24.3 Å². The number of hydrogen-bond donors (Lipinski definition) is 1. The van der Waals surface area contributed by atoms with Crippen molar-refractivity contribution < 1.29 is 9.52 Å². The second-order valence-corrected chi connectivity index (χ2v) is 4.53. The summed E-state index contributed by atoms with van der Waals surface area (Å²) >= 11 is 7.02. The van der Waals surface area contributed by atoms with Crippen LogP contribution in [0.2, 0.25) is 5.02 Å². The summed E-state index contributed by atoms with van der Waals surface area (Å²) in [5.41, 5.74) is -0.737. The first-order valence-electron chi connectivity index (χ1n) is 4.41. The molecule has 0 aliphatic rings. The molecule has 1 aromatic heterocycles. The van der Waals surface area contributed by atoms with Gasteiger partial charge in [-0.3, -0.25) is 0 Å². The lowest BCUT2D eigenvalue weighted by Gasteiger charge is -2.02. The molecule has 16 heavy (non-hydrogen) atoms. The highest BCUT2D eigenvalue weighted by atomic mass is 35.5. The first kappa shape index (κ1) is 11.1. The largest absolute Gasteiger partial charge is 0.501 e. The predicted molar refractivity (Wildman–Crippen MR) is 62.2 cm³/mol. The molecular weight excluding hydrogens is 248 g/mol. The summed E-state index contributed by atoms with van der Waals surface area (Å²) in [6, 6.07) is 8.64. The minimum atomic E-state index is -0.737. The van der Waals surface area contributed by atoms with Crippen LogP contribution in [0.5, 0.6) is 5.75 Å². The Morgan fingerprint density at radius 3 is 2.56 bits per heavy atom. The van der Waals surface area contributed by atoms with Gasteiger partial charge in [0.2, 0.25) is 5.75 Å². The molecule has 0 saturated heterocycles. The maximum absolute atomic E-state index is 11.0. The van der Waals surface area contributed by atoms with E-state index in [4.69, 9.17) is 11.6 Å². The zero-order chi connectivity index (χ0) is 11.5. The van der Waals surface area contributed by atoms with Gasteiger partial charge in [-0.25, -0.2) is 4.79 Å². The third-order valence-electron chi connectivity index (χ3n) is 1.86. The highest BCUT2D eigenvalue weighted by Gasteiger charge is 2.07. The van der Waals surface area contributed by atoms with Crippen molar-refractivity contribution in [3.63, 3.8) is 0 Å². The van der Waals surface area contributed by atoms with E-state index >= 15 is 0 Å². The molecule has 0 atom stereocenters. The van der Waals surface area contributed by atoms with E-state index in [1.165, 1.54) is 24.1 Å². The van der Waals surface area contributed by atoms with Gasteiger partial charge in [0.05, 0.1) is 11.2 Å². The van der Waals surface area contributed by atoms with Crippen molar-refractivity contribution in [1.82, 2.24) is 0 Å². The van der Waals surface area contributed by atoms with Gasteiger partial charge in [-0.1, -0.05) is 23.4 Å². The number of halogens is 1. The molecule has 82 valence electrons. The summed E-state index contributed by atoms with van der Waals surface area (Å²) in [7, 11) is 0. The zero-order valence-corrected chi connectivity index (χ0v) is 9.59. The van der Waals surface area contributed by atoms with Crippen LogP contribution in [0.3, 0.4) is 0 Å². The van der Waals surface area contributed by atoms with E-state index < -0.39 is 5.63 Å². The molecule has 0 saturated carbocycles. The first-order valence-corrected chi connectivity index (χ1v) is 5.60. The van der Waals surface area contributed by atoms with Gasteiger partial charge < -0.3 is 9.52 Å². The molecule has 1 N–H and O–H groups in total. The van der Waals surface area contributed by atoms with Crippen molar-refractivity contribution in [2.45, 2.75) is 9.79 Å². The van der Waals surface area contributed by atoms with Gasteiger partial charge in [0.1, 0.15) is 0 Å². The Bertz CT molecular complexity index is 548. The van der Waals surface area contributed by atoms with Gasteiger partial charge in [0, 0.05) is 9.92 Å². The van der Waals surface area contributed by atoms with Crippen molar-refractivity contribution in [3.05, 3.63) is 52.0 Å². The third kappa shape index (κ3) is 2.40. The molecule has 5 heteroatoms. The van der Waals surface area contributed by atoms with Crippen LogP contribution >= 0.6 is 23.4 Å². The first-order chi connectivity index (χ1) is 7.66. The molecule has 0 radical (unpaired) electrons. The molecule has 0 aliphatic heterocycles. The van der Waals surface area contributed by atoms with Crippen LogP contribution in [-0.4, -0.2) is 5.11 Å². The highest BCUT2D eigenvalue weighted by molar-refractivity contribution is 7.99. The number of benzene rings is 1. The Morgan fingerprint density at radius 2 is 1.88 bits per heavy atom. The second kappa shape index (κ2) is 4.63. The molecule has 2 rings (SSSR count).